The summed E-state index contributed by atoms with van der Waals surface area (Å²) in [4.78, 5) is 12.0. The maximum atomic E-state index is 13.4. The summed E-state index contributed by atoms with van der Waals surface area (Å²) in [6, 6.07) is 13.6. The van der Waals surface area contributed by atoms with Crippen LogP contribution in [0.3, 0.4) is 0 Å². The lowest BCUT2D eigenvalue weighted by molar-refractivity contribution is 0.366. The van der Waals surface area contributed by atoms with Crippen LogP contribution in [-0.4, -0.2) is 49.4 Å². The van der Waals surface area contributed by atoms with Crippen molar-refractivity contribution in [2.24, 2.45) is 5.92 Å². The van der Waals surface area contributed by atoms with Crippen LogP contribution in [-0.2, 0) is 23.0 Å². The number of hydrogen-bond acceptors (Lipinski definition) is 7. The first-order valence-electron chi connectivity index (χ1n) is 12.1. The number of hydrogen-bond donors (Lipinski definition) is 0. The zero-order chi connectivity index (χ0) is 25.3. The van der Waals surface area contributed by atoms with Gasteiger partial charge in [0, 0.05) is 43.7 Å². The van der Waals surface area contributed by atoms with Gasteiger partial charge in [0.1, 0.15) is 11.5 Å². The summed E-state index contributed by atoms with van der Waals surface area (Å²) < 4.78 is 39.8. The molecule has 3 heterocycles. The normalized spacial score (nSPS) is 17.0. The third kappa shape index (κ3) is 5.14. The largest absolute Gasteiger partial charge is 0.497 e. The molecule has 0 unspecified atom stereocenters. The molecule has 0 amide bonds. The van der Waals surface area contributed by atoms with Gasteiger partial charge in [-0.1, -0.05) is 30.7 Å². The van der Waals surface area contributed by atoms with Gasteiger partial charge in [-0.25, -0.2) is 13.4 Å². The second-order valence-corrected chi connectivity index (χ2v) is 11.6. The van der Waals surface area contributed by atoms with Crippen molar-refractivity contribution in [2.75, 3.05) is 31.6 Å². The van der Waals surface area contributed by atoms with E-state index in [2.05, 4.69) is 11.8 Å². The minimum absolute atomic E-state index is 0.112. The van der Waals surface area contributed by atoms with Crippen LogP contribution < -0.4 is 14.4 Å². The van der Waals surface area contributed by atoms with E-state index in [-0.39, 0.29) is 11.4 Å². The SMILES string of the molecule is COc1cccc(Oc2nc(N3CCC(C)CC3)nc3c2CN(S(=O)(=O)c2cccc(Cl)c2)CC3)c1. The van der Waals surface area contributed by atoms with Crippen LogP contribution in [0.2, 0.25) is 5.02 Å². The second kappa shape index (κ2) is 10.2. The van der Waals surface area contributed by atoms with E-state index < -0.39 is 10.0 Å². The van der Waals surface area contributed by atoms with Gasteiger partial charge in [0.05, 0.1) is 23.3 Å². The van der Waals surface area contributed by atoms with E-state index in [9.17, 15) is 8.42 Å². The van der Waals surface area contributed by atoms with Crippen molar-refractivity contribution < 1.29 is 17.9 Å². The molecule has 0 N–H and O–H groups in total. The fraction of sp³-hybridized carbons (Fsp3) is 0.385. The van der Waals surface area contributed by atoms with Crippen molar-refractivity contribution in [3.63, 3.8) is 0 Å². The summed E-state index contributed by atoms with van der Waals surface area (Å²) in [5.74, 6) is 2.89. The molecule has 190 valence electrons. The fourth-order valence-electron chi connectivity index (χ4n) is 4.54. The number of nitrogens with zero attached hydrogens (tertiary/aromatic N) is 4. The van der Waals surface area contributed by atoms with E-state index in [0.29, 0.717) is 52.8 Å². The molecule has 0 atom stereocenters. The third-order valence-electron chi connectivity index (χ3n) is 6.73. The fourth-order valence-corrected chi connectivity index (χ4v) is 6.25. The zero-order valence-electron chi connectivity index (χ0n) is 20.4. The summed E-state index contributed by atoms with van der Waals surface area (Å²) in [6.45, 7) is 4.45. The van der Waals surface area contributed by atoms with Crippen LogP contribution in [0.1, 0.15) is 31.0 Å². The molecule has 1 aromatic heterocycles. The Morgan fingerprint density at radius 2 is 1.75 bits per heavy atom. The molecule has 1 saturated heterocycles. The van der Waals surface area contributed by atoms with Crippen LogP contribution in [0.25, 0.3) is 0 Å². The molecule has 1 fully saturated rings. The highest BCUT2D eigenvalue weighted by atomic mass is 35.5. The van der Waals surface area contributed by atoms with Crippen LogP contribution in [0.4, 0.5) is 5.95 Å². The topological polar surface area (TPSA) is 84.9 Å². The highest BCUT2D eigenvalue weighted by molar-refractivity contribution is 7.89. The molecular weight excluding hydrogens is 500 g/mol. The highest BCUT2D eigenvalue weighted by Gasteiger charge is 2.33. The Kier molecular flexibility index (Phi) is 7.05. The van der Waals surface area contributed by atoms with E-state index in [0.717, 1.165) is 31.6 Å². The van der Waals surface area contributed by atoms with Crippen LogP contribution in [0.5, 0.6) is 17.4 Å². The minimum atomic E-state index is -3.76. The lowest BCUT2D eigenvalue weighted by Crippen LogP contribution is -2.38. The number of benzene rings is 2. The number of sulfonamides is 1. The Morgan fingerprint density at radius 1 is 1.00 bits per heavy atom. The van der Waals surface area contributed by atoms with Gasteiger partial charge in [-0.2, -0.15) is 9.29 Å². The molecule has 36 heavy (non-hydrogen) atoms. The Bertz CT molecular complexity index is 1360. The van der Waals surface area contributed by atoms with E-state index in [1.807, 2.05) is 18.2 Å². The number of aromatic nitrogens is 2. The Balaban J connectivity index is 1.51. The molecule has 3 aromatic rings. The quantitative estimate of drug-likeness (QED) is 0.449. The molecule has 0 saturated carbocycles. The Morgan fingerprint density at radius 3 is 2.50 bits per heavy atom. The summed E-state index contributed by atoms with van der Waals surface area (Å²) in [7, 11) is -2.16. The lowest BCUT2D eigenvalue weighted by Gasteiger charge is -2.33. The van der Waals surface area contributed by atoms with Gasteiger partial charge in [0.25, 0.3) is 0 Å². The van der Waals surface area contributed by atoms with Crippen molar-refractivity contribution >= 4 is 27.6 Å². The van der Waals surface area contributed by atoms with Crippen molar-refractivity contribution in [1.29, 1.82) is 0 Å². The second-order valence-electron chi connectivity index (χ2n) is 9.25. The van der Waals surface area contributed by atoms with Crippen LogP contribution in [0.15, 0.2) is 53.4 Å². The molecule has 0 radical (unpaired) electrons. The monoisotopic (exact) mass is 528 g/mol. The summed E-state index contributed by atoms with van der Waals surface area (Å²) >= 11 is 6.07. The Labute approximate surface area is 216 Å². The zero-order valence-corrected chi connectivity index (χ0v) is 21.9. The first-order valence-corrected chi connectivity index (χ1v) is 13.9. The number of halogens is 1. The molecule has 0 bridgehead atoms. The number of fused-ring (bicyclic) bond motifs is 1. The summed E-state index contributed by atoms with van der Waals surface area (Å²) in [5.41, 5.74) is 1.48. The molecular formula is C26H29ClN4O4S. The molecule has 2 aliphatic rings. The number of anilines is 1. The molecule has 2 aromatic carbocycles. The Hall–Kier alpha value is -2.88. The van der Waals surface area contributed by atoms with E-state index in [1.54, 1.807) is 31.4 Å². The van der Waals surface area contributed by atoms with Gasteiger partial charge >= 0.3 is 0 Å². The first-order chi connectivity index (χ1) is 17.3. The van der Waals surface area contributed by atoms with Crippen LogP contribution in [0, 0.1) is 5.92 Å². The number of piperidine rings is 1. The van der Waals surface area contributed by atoms with Crippen molar-refractivity contribution in [2.45, 2.75) is 37.6 Å². The molecule has 10 heteroatoms. The summed E-state index contributed by atoms with van der Waals surface area (Å²) in [6.07, 6.45) is 2.62. The van der Waals surface area contributed by atoms with Gasteiger partial charge < -0.3 is 14.4 Å². The number of rotatable bonds is 6. The van der Waals surface area contributed by atoms with E-state index >= 15 is 0 Å². The van der Waals surface area contributed by atoms with Gasteiger partial charge in [-0.3, -0.25) is 0 Å². The van der Waals surface area contributed by atoms with Crippen molar-refractivity contribution in [3.05, 3.63) is 64.8 Å². The molecule has 0 spiro atoms. The maximum absolute atomic E-state index is 13.4. The van der Waals surface area contributed by atoms with Gasteiger partial charge in [0.15, 0.2) is 0 Å². The molecule has 5 rings (SSSR count). The van der Waals surface area contributed by atoms with E-state index in [4.69, 9.17) is 31.0 Å². The van der Waals surface area contributed by atoms with Gasteiger partial charge in [0.2, 0.25) is 21.9 Å². The van der Waals surface area contributed by atoms with Crippen molar-refractivity contribution in [1.82, 2.24) is 14.3 Å². The standard InChI is InChI=1S/C26H29ClN4O4S/c1-18-9-12-30(13-10-18)26-28-24-11-14-31(36(32,33)22-8-3-5-19(27)15-22)17-23(24)25(29-26)35-21-7-4-6-20(16-21)34-2/h3-8,15-16,18H,9-14,17H2,1-2H3. The smallest absolute Gasteiger partial charge is 0.243 e. The highest BCUT2D eigenvalue weighted by Crippen LogP contribution is 2.35. The average Bonchev–Trinajstić information content (AvgIpc) is 2.89. The molecule has 0 aliphatic carbocycles. The first kappa shape index (κ1) is 24.8. The van der Waals surface area contributed by atoms with Gasteiger partial charge in [-0.05, 0) is 49.1 Å². The lowest BCUT2D eigenvalue weighted by atomic mass is 9.99. The summed E-state index contributed by atoms with van der Waals surface area (Å²) in [5, 5.41) is 0.374. The third-order valence-corrected chi connectivity index (χ3v) is 8.81. The number of ether oxygens (including phenoxy) is 2. The molecule has 8 nitrogen and oxygen atoms in total. The predicted molar refractivity (Wildman–Crippen MR) is 138 cm³/mol. The van der Waals surface area contributed by atoms with Crippen LogP contribution >= 0.6 is 11.6 Å². The predicted octanol–water partition coefficient (Wildman–Crippen LogP) is 4.91. The van der Waals surface area contributed by atoms with Gasteiger partial charge in [-0.15, -0.1) is 0 Å². The van der Waals surface area contributed by atoms with Crippen molar-refractivity contribution in [3.8, 4) is 17.4 Å². The average molecular weight is 529 g/mol. The minimum Gasteiger partial charge on any atom is -0.497 e. The van der Waals surface area contributed by atoms with E-state index in [1.165, 1.54) is 10.4 Å². The maximum Gasteiger partial charge on any atom is 0.243 e. The number of methoxy groups -OCH3 is 1. The molecule has 2 aliphatic heterocycles.